The van der Waals surface area contributed by atoms with E-state index in [1.165, 1.54) is 33.5 Å². The molecule has 0 spiro atoms. The first-order valence-corrected chi connectivity index (χ1v) is 6.86. The zero-order valence-corrected chi connectivity index (χ0v) is 13.4. The number of anilines is 1. The van der Waals surface area contributed by atoms with Crippen molar-refractivity contribution in [1.29, 1.82) is 0 Å². The molecule has 2 aromatic rings. The number of nitrogens with zero attached hydrogens (tertiary/aromatic N) is 1. The number of carbonyl (C=O) groups is 1. The maximum atomic E-state index is 12.4. The number of rotatable bonds is 6. The van der Waals surface area contributed by atoms with Crippen molar-refractivity contribution >= 4 is 17.3 Å². The van der Waals surface area contributed by atoms with Gasteiger partial charge in [0.2, 0.25) is 0 Å². The summed E-state index contributed by atoms with van der Waals surface area (Å²) in [7, 11) is 4.37. The molecular weight excluding hydrogens is 316 g/mol. The third-order valence-corrected chi connectivity index (χ3v) is 3.28. The molecule has 0 saturated heterocycles. The van der Waals surface area contributed by atoms with Gasteiger partial charge in [-0.15, -0.1) is 0 Å². The summed E-state index contributed by atoms with van der Waals surface area (Å²) in [6.07, 6.45) is 0. The second-order valence-electron chi connectivity index (χ2n) is 4.67. The van der Waals surface area contributed by atoms with Gasteiger partial charge < -0.3 is 19.5 Å². The van der Waals surface area contributed by atoms with Gasteiger partial charge in [0.1, 0.15) is 5.75 Å². The molecule has 8 nitrogen and oxygen atoms in total. The van der Waals surface area contributed by atoms with E-state index in [0.29, 0.717) is 17.2 Å². The number of nitro benzene ring substituents is 1. The summed E-state index contributed by atoms with van der Waals surface area (Å²) in [6, 6.07) is 8.66. The van der Waals surface area contributed by atoms with Crippen LogP contribution in [0.1, 0.15) is 10.4 Å². The largest absolute Gasteiger partial charge is 0.496 e. The second-order valence-corrected chi connectivity index (χ2v) is 4.67. The van der Waals surface area contributed by atoms with Crippen molar-refractivity contribution in [2.45, 2.75) is 0 Å². The maximum Gasteiger partial charge on any atom is 0.270 e. The molecule has 0 unspecified atom stereocenters. The van der Waals surface area contributed by atoms with E-state index in [2.05, 4.69) is 5.32 Å². The van der Waals surface area contributed by atoms with Gasteiger partial charge >= 0.3 is 0 Å². The van der Waals surface area contributed by atoms with E-state index in [0.717, 1.165) is 6.07 Å². The number of hydrogen-bond acceptors (Lipinski definition) is 6. The normalized spacial score (nSPS) is 9.96. The van der Waals surface area contributed by atoms with Crippen LogP contribution in [-0.4, -0.2) is 32.2 Å². The van der Waals surface area contributed by atoms with Crippen molar-refractivity contribution in [2.24, 2.45) is 0 Å². The highest BCUT2D eigenvalue weighted by atomic mass is 16.6. The van der Waals surface area contributed by atoms with Crippen LogP contribution in [0.5, 0.6) is 17.2 Å². The standard InChI is InChI=1S/C16H16N2O6/c1-22-13-7-5-11(18(20)21)9-12(13)16(19)17-10-4-6-14(23-2)15(8-10)24-3/h4-9H,1-3H3,(H,17,19). The number of amides is 1. The van der Waals surface area contributed by atoms with Gasteiger partial charge in [0, 0.05) is 23.9 Å². The number of non-ortho nitro benzene ring substituents is 1. The Labute approximate surface area is 138 Å². The Morgan fingerprint density at radius 1 is 0.958 bits per heavy atom. The lowest BCUT2D eigenvalue weighted by molar-refractivity contribution is -0.384. The molecule has 1 N–H and O–H groups in total. The number of benzene rings is 2. The van der Waals surface area contributed by atoms with E-state index in [4.69, 9.17) is 14.2 Å². The highest BCUT2D eigenvalue weighted by molar-refractivity contribution is 6.06. The Hall–Kier alpha value is -3.29. The van der Waals surface area contributed by atoms with Crippen LogP contribution in [0.25, 0.3) is 0 Å². The molecule has 8 heteroatoms. The highest BCUT2D eigenvalue weighted by Crippen LogP contribution is 2.31. The van der Waals surface area contributed by atoms with Crippen molar-refractivity contribution in [3.8, 4) is 17.2 Å². The molecule has 126 valence electrons. The lowest BCUT2D eigenvalue weighted by Crippen LogP contribution is -2.13. The summed E-state index contributed by atoms with van der Waals surface area (Å²) in [5.74, 6) is 0.658. The summed E-state index contributed by atoms with van der Waals surface area (Å²) in [5, 5.41) is 13.5. The van der Waals surface area contributed by atoms with Crippen molar-refractivity contribution < 1.29 is 23.9 Å². The summed E-state index contributed by atoms with van der Waals surface area (Å²) in [4.78, 5) is 22.8. The van der Waals surface area contributed by atoms with E-state index in [9.17, 15) is 14.9 Å². The fourth-order valence-electron chi connectivity index (χ4n) is 2.10. The Morgan fingerprint density at radius 2 is 1.58 bits per heavy atom. The minimum atomic E-state index is -0.577. The monoisotopic (exact) mass is 332 g/mol. The van der Waals surface area contributed by atoms with Gasteiger partial charge in [0.05, 0.1) is 31.8 Å². The number of nitro groups is 1. The Balaban J connectivity index is 2.32. The SMILES string of the molecule is COc1ccc(NC(=O)c2cc([N+](=O)[O-])ccc2OC)cc1OC. The van der Waals surface area contributed by atoms with Crippen molar-refractivity contribution in [2.75, 3.05) is 26.6 Å². The van der Waals surface area contributed by atoms with Gasteiger partial charge in [-0.05, 0) is 18.2 Å². The van der Waals surface area contributed by atoms with Gasteiger partial charge in [-0.3, -0.25) is 14.9 Å². The molecule has 0 aliphatic rings. The van der Waals surface area contributed by atoms with Crippen LogP contribution in [0.15, 0.2) is 36.4 Å². The van der Waals surface area contributed by atoms with E-state index < -0.39 is 10.8 Å². The lowest BCUT2D eigenvalue weighted by atomic mass is 10.1. The van der Waals surface area contributed by atoms with Gasteiger partial charge in [-0.25, -0.2) is 0 Å². The van der Waals surface area contributed by atoms with E-state index in [-0.39, 0.29) is 17.0 Å². The molecule has 2 rings (SSSR count). The molecule has 1 amide bonds. The molecule has 0 heterocycles. The summed E-state index contributed by atoms with van der Waals surface area (Å²) in [6.45, 7) is 0. The molecule has 24 heavy (non-hydrogen) atoms. The Kier molecular flexibility index (Phi) is 5.20. The Bertz CT molecular complexity index is 775. The predicted octanol–water partition coefficient (Wildman–Crippen LogP) is 2.87. The van der Waals surface area contributed by atoms with Gasteiger partial charge in [-0.1, -0.05) is 0 Å². The van der Waals surface area contributed by atoms with Crippen molar-refractivity contribution in [3.05, 3.63) is 52.1 Å². The first-order chi connectivity index (χ1) is 11.5. The van der Waals surface area contributed by atoms with Crippen molar-refractivity contribution in [3.63, 3.8) is 0 Å². The number of methoxy groups -OCH3 is 3. The molecule has 0 aliphatic carbocycles. The molecule has 0 fully saturated rings. The maximum absolute atomic E-state index is 12.4. The third kappa shape index (κ3) is 3.54. The molecule has 0 radical (unpaired) electrons. The molecule has 0 bridgehead atoms. The quantitative estimate of drug-likeness (QED) is 0.645. The number of carbonyl (C=O) groups excluding carboxylic acids is 1. The number of hydrogen-bond donors (Lipinski definition) is 1. The third-order valence-electron chi connectivity index (χ3n) is 3.28. The fraction of sp³-hybridized carbons (Fsp3) is 0.188. The van der Waals surface area contributed by atoms with Crippen LogP contribution < -0.4 is 19.5 Å². The fourth-order valence-corrected chi connectivity index (χ4v) is 2.10. The molecule has 0 aliphatic heterocycles. The van der Waals surface area contributed by atoms with Crippen LogP contribution in [0.3, 0.4) is 0 Å². The lowest BCUT2D eigenvalue weighted by Gasteiger charge is -2.12. The minimum Gasteiger partial charge on any atom is -0.496 e. The first-order valence-electron chi connectivity index (χ1n) is 6.86. The summed E-state index contributed by atoms with van der Waals surface area (Å²) < 4.78 is 15.4. The van der Waals surface area contributed by atoms with Crippen LogP contribution in [0.4, 0.5) is 11.4 Å². The highest BCUT2D eigenvalue weighted by Gasteiger charge is 2.18. The average molecular weight is 332 g/mol. The van der Waals surface area contributed by atoms with E-state index >= 15 is 0 Å². The van der Waals surface area contributed by atoms with Gasteiger partial charge in [0.25, 0.3) is 11.6 Å². The van der Waals surface area contributed by atoms with E-state index in [1.807, 2.05) is 0 Å². The Morgan fingerprint density at radius 3 is 2.17 bits per heavy atom. The smallest absolute Gasteiger partial charge is 0.270 e. The second kappa shape index (κ2) is 7.32. The van der Waals surface area contributed by atoms with Crippen LogP contribution in [-0.2, 0) is 0 Å². The topological polar surface area (TPSA) is 99.9 Å². The summed E-state index contributed by atoms with van der Waals surface area (Å²) >= 11 is 0. The summed E-state index contributed by atoms with van der Waals surface area (Å²) in [5.41, 5.74) is 0.306. The number of ether oxygens (including phenoxy) is 3. The molecule has 2 aromatic carbocycles. The van der Waals surface area contributed by atoms with Gasteiger partial charge in [0.15, 0.2) is 11.5 Å². The zero-order valence-electron chi connectivity index (χ0n) is 13.4. The van der Waals surface area contributed by atoms with E-state index in [1.54, 1.807) is 18.2 Å². The molecule has 0 saturated carbocycles. The first kappa shape index (κ1) is 17.1. The molecular formula is C16H16N2O6. The minimum absolute atomic E-state index is 0.0569. The molecule has 0 atom stereocenters. The van der Waals surface area contributed by atoms with Crippen LogP contribution >= 0.6 is 0 Å². The number of nitrogens with one attached hydrogen (secondary N) is 1. The average Bonchev–Trinajstić information content (AvgIpc) is 2.60. The zero-order chi connectivity index (χ0) is 17.7. The predicted molar refractivity (Wildman–Crippen MR) is 87.1 cm³/mol. The van der Waals surface area contributed by atoms with Crippen LogP contribution in [0, 0.1) is 10.1 Å². The van der Waals surface area contributed by atoms with Gasteiger partial charge in [-0.2, -0.15) is 0 Å². The van der Waals surface area contributed by atoms with Crippen molar-refractivity contribution in [1.82, 2.24) is 0 Å². The molecule has 0 aromatic heterocycles. The van der Waals surface area contributed by atoms with Crippen LogP contribution in [0.2, 0.25) is 0 Å².